The summed E-state index contributed by atoms with van der Waals surface area (Å²) in [6.07, 6.45) is 3.22. The Labute approximate surface area is 192 Å². The fourth-order valence-electron chi connectivity index (χ4n) is 4.69. The maximum atomic E-state index is 12.5. The minimum Gasteiger partial charge on any atom is -0.493 e. The monoisotopic (exact) mass is 442 g/mol. The third-order valence-corrected chi connectivity index (χ3v) is 5.95. The molecule has 33 heavy (non-hydrogen) atoms. The molecule has 1 aliphatic heterocycles. The van der Waals surface area contributed by atoms with Gasteiger partial charge in [0.2, 0.25) is 0 Å². The second-order valence-electron chi connectivity index (χ2n) is 9.40. The molecule has 0 aliphatic carbocycles. The first-order valence-corrected chi connectivity index (χ1v) is 11.1. The average Bonchev–Trinajstić information content (AvgIpc) is 2.77. The van der Waals surface area contributed by atoms with Crippen LogP contribution in [0, 0.1) is 6.92 Å². The molecule has 0 radical (unpaired) electrons. The van der Waals surface area contributed by atoms with Gasteiger partial charge in [0.25, 0.3) is 0 Å². The van der Waals surface area contributed by atoms with Crippen LogP contribution < -0.4 is 4.74 Å². The number of carboxylic acids is 1. The third kappa shape index (κ3) is 3.70. The lowest BCUT2D eigenvalue weighted by Crippen LogP contribution is -2.28. The molecule has 1 aliphatic rings. The maximum absolute atomic E-state index is 12.5. The SMILES string of the molecule is Cc1cc2ncccc2c(-c2ccc3c4c(ccnc24)CCO3)c1C(OC(C)(C)C)C(=O)O. The van der Waals surface area contributed by atoms with Crippen molar-refractivity contribution < 1.29 is 19.4 Å². The molecule has 6 nitrogen and oxygen atoms in total. The van der Waals surface area contributed by atoms with Crippen LogP contribution in [-0.2, 0) is 16.0 Å². The molecule has 0 bridgehead atoms. The summed E-state index contributed by atoms with van der Waals surface area (Å²) in [6, 6.07) is 11.7. The van der Waals surface area contributed by atoms with Crippen LogP contribution in [0.4, 0.5) is 0 Å². The van der Waals surface area contributed by atoms with E-state index in [0.717, 1.165) is 50.7 Å². The summed E-state index contributed by atoms with van der Waals surface area (Å²) in [5, 5.41) is 12.1. The Balaban J connectivity index is 1.90. The van der Waals surface area contributed by atoms with Gasteiger partial charge < -0.3 is 14.6 Å². The third-order valence-electron chi connectivity index (χ3n) is 5.95. The quantitative estimate of drug-likeness (QED) is 0.441. The second-order valence-corrected chi connectivity index (χ2v) is 9.40. The minimum atomic E-state index is -1.15. The van der Waals surface area contributed by atoms with Gasteiger partial charge in [-0.2, -0.15) is 0 Å². The molecule has 0 saturated heterocycles. The number of fused-ring (bicyclic) bond motifs is 1. The van der Waals surface area contributed by atoms with Gasteiger partial charge in [0.15, 0.2) is 6.10 Å². The number of carbonyl (C=O) groups is 1. The Morgan fingerprint density at radius 2 is 1.97 bits per heavy atom. The molecule has 168 valence electrons. The van der Waals surface area contributed by atoms with Gasteiger partial charge in [-0.25, -0.2) is 4.79 Å². The molecule has 1 N–H and O–H groups in total. The van der Waals surface area contributed by atoms with Crippen LogP contribution in [0.15, 0.2) is 48.8 Å². The number of benzene rings is 2. The number of rotatable bonds is 4. The van der Waals surface area contributed by atoms with Crippen molar-refractivity contribution in [1.82, 2.24) is 9.97 Å². The Morgan fingerprint density at radius 1 is 1.15 bits per heavy atom. The van der Waals surface area contributed by atoms with Crippen LogP contribution >= 0.6 is 0 Å². The van der Waals surface area contributed by atoms with Gasteiger partial charge in [-0.3, -0.25) is 9.97 Å². The number of hydrogen-bond acceptors (Lipinski definition) is 5. The van der Waals surface area contributed by atoms with Crippen molar-refractivity contribution in [3.8, 4) is 16.9 Å². The summed E-state index contributed by atoms with van der Waals surface area (Å²) in [4.78, 5) is 21.8. The maximum Gasteiger partial charge on any atom is 0.337 e. The Morgan fingerprint density at radius 3 is 2.73 bits per heavy atom. The lowest BCUT2D eigenvalue weighted by atomic mass is 9.86. The number of pyridine rings is 2. The molecule has 6 heteroatoms. The van der Waals surface area contributed by atoms with Crippen LogP contribution in [0.3, 0.4) is 0 Å². The molecule has 0 spiro atoms. The Hall–Kier alpha value is -3.51. The number of hydrogen-bond donors (Lipinski definition) is 1. The molecule has 2 aromatic heterocycles. The van der Waals surface area contributed by atoms with Gasteiger partial charge in [-0.05, 0) is 74.7 Å². The van der Waals surface area contributed by atoms with Gasteiger partial charge in [-0.1, -0.05) is 6.07 Å². The average molecular weight is 443 g/mol. The zero-order chi connectivity index (χ0) is 23.3. The number of aromatic nitrogens is 2. The molecule has 0 saturated carbocycles. The van der Waals surface area contributed by atoms with E-state index in [1.54, 1.807) is 6.20 Å². The van der Waals surface area contributed by atoms with Crippen molar-refractivity contribution in [3.63, 3.8) is 0 Å². The van der Waals surface area contributed by atoms with Crippen molar-refractivity contribution in [2.24, 2.45) is 0 Å². The predicted octanol–water partition coefficient (Wildman–Crippen LogP) is 5.63. The lowest BCUT2D eigenvalue weighted by molar-refractivity contribution is -0.160. The van der Waals surface area contributed by atoms with Gasteiger partial charge in [0.1, 0.15) is 5.75 Å². The van der Waals surface area contributed by atoms with Crippen LogP contribution in [0.25, 0.3) is 32.9 Å². The molecule has 4 aromatic rings. The molecule has 1 atom stereocenters. The highest BCUT2D eigenvalue weighted by Crippen LogP contribution is 2.44. The van der Waals surface area contributed by atoms with Crippen molar-refractivity contribution in [1.29, 1.82) is 0 Å². The van der Waals surface area contributed by atoms with E-state index in [0.29, 0.717) is 12.2 Å². The summed E-state index contributed by atoms with van der Waals surface area (Å²) < 4.78 is 12.0. The van der Waals surface area contributed by atoms with Crippen LogP contribution in [-0.4, -0.2) is 33.3 Å². The van der Waals surface area contributed by atoms with Crippen LogP contribution in [0.1, 0.15) is 43.6 Å². The minimum absolute atomic E-state index is 0.622. The normalized spacial score (nSPS) is 14.3. The molecule has 3 heterocycles. The number of ether oxygens (including phenoxy) is 2. The first-order chi connectivity index (χ1) is 15.7. The molecular formula is C27H26N2O4. The van der Waals surface area contributed by atoms with Crippen molar-refractivity contribution in [3.05, 3.63) is 65.5 Å². The largest absolute Gasteiger partial charge is 0.493 e. The first kappa shape index (κ1) is 21.3. The zero-order valence-electron chi connectivity index (χ0n) is 19.2. The van der Waals surface area contributed by atoms with E-state index in [1.165, 1.54) is 5.56 Å². The lowest BCUT2D eigenvalue weighted by Gasteiger charge is -2.29. The van der Waals surface area contributed by atoms with E-state index in [1.807, 2.05) is 70.3 Å². The fourth-order valence-corrected chi connectivity index (χ4v) is 4.69. The van der Waals surface area contributed by atoms with E-state index >= 15 is 0 Å². The smallest absolute Gasteiger partial charge is 0.337 e. The van der Waals surface area contributed by atoms with E-state index in [9.17, 15) is 9.90 Å². The summed E-state index contributed by atoms with van der Waals surface area (Å²) in [6.45, 7) is 8.14. The summed E-state index contributed by atoms with van der Waals surface area (Å²) in [7, 11) is 0. The first-order valence-electron chi connectivity index (χ1n) is 11.1. The van der Waals surface area contributed by atoms with Crippen molar-refractivity contribution >= 4 is 27.8 Å². The van der Waals surface area contributed by atoms with E-state index in [2.05, 4.69) is 4.98 Å². The molecule has 0 fully saturated rings. The van der Waals surface area contributed by atoms with E-state index < -0.39 is 17.7 Å². The number of aliphatic carboxylic acids is 1. The molecule has 2 aromatic carbocycles. The summed E-state index contributed by atoms with van der Waals surface area (Å²) >= 11 is 0. The Kier molecular flexibility index (Phi) is 5.05. The summed E-state index contributed by atoms with van der Waals surface area (Å²) in [5.74, 6) is -0.225. The van der Waals surface area contributed by atoms with Gasteiger partial charge in [0, 0.05) is 40.7 Å². The van der Waals surface area contributed by atoms with Crippen LogP contribution in [0.5, 0.6) is 5.75 Å². The topological polar surface area (TPSA) is 81.5 Å². The van der Waals surface area contributed by atoms with Gasteiger partial charge in [-0.15, -0.1) is 0 Å². The molecule has 1 unspecified atom stereocenters. The molecule has 5 rings (SSSR count). The predicted molar refractivity (Wildman–Crippen MR) is 128 cm³/mol. The van der Waals surface area contributed by atoms with E-state index in [-0.39, 0.29) is 0 Å². The highest BCUT2D eigenvalue weighted by atomic mass is 16.5. The fraction of sp³-hybridized carbons (Fsp3) is 0.296. The second kappa shape index (κ2) is 7.81. The highest BCUT2D eigenvalue weighted by molar-refractivity contribution is 6.08. The van der Waals surface area contributed by atoms with Gasteiger partial charge >= 0.3 is 5.97 Å². The zero-order valence-corrected chi connectivity index (χ0v) is 19.2. The van der Waals surface area contributed by atoms with Crippen LogP contribution in [0.2, 0.25) is 0 Å². The highest BCUT2D eigenvalue weighted by Gasteiger charge is 2.32. The summed E-state index contributed by atoms with van der Waals surface area (Å²) in [5.41, 5.74) is 5.19. The number of aryl methyl sites for hydroxylation is 1. The standard InChI is InChI=1S/C27H26N2O4/c1-15-14-19-17(6-5-11-28-19)23(21(15)25(26(30)31)33-27(2,3)4)18-7-8-20-22-16(10-13-32-20)9-12-29-24(18)22/h5-9,11-12,14,25H,10,13H2,1-4H3,(H,30,31). The van der Waals surface area contributed by atoms with Crippen molar-refractivity contribution in [2.75, 3.05) is 6.61 Å². The molecule has 0 amide bonds. The van der Waals surface area contributed by atoms with Crippen molar-refractivity contribution in [2.45, 2.75) is 45.8 Å². The van der Waals surface area contributed by atoms with Gasteiger partial charge in [0.05, 0.1) is 23.2 Å². The Bertz CT molecular complexity index is 1390. The number of carboxylic acid groups (broad SMARTS) is 1. The number of nitrogens with zero attached hydrogens (tertiary/aromatic N) is 2. The van der Waals surface area contributed by atoms with E-state index in [4.69, 9.17) is 14.5 Å². The molecular weight excluding hydrogens is 416 g/mol.